The van der Waals surface area contributed by atoms with Gasteiger partial charge in [-0.05, 0) is 37.1 Å². The maximum absolute atomic E-state index is 12.0. The molecule has 0 heterocycles. The van der Waals surface area contributed by atoms with E-state index in [1.807, 2.05) is 0 Å². The molecule has 0 spiro atoms. The molecule has 1 aliphatic carbocycles. The predicted octanol–water partition coefficient (Wildman–Crippen LogP) is 3.45. The van der Waals surface area contributed by atoms with E-state index in [1.54, 1.807) is 24.3 Å². The highest BCUT2D eigenvalue weighted by Gasteiger charge is 2.32. The second kappa shape index (κ2) is 7.33. The summed E-state index contributed by atoms with van der Waals surface area (Å²) in [6, 6.07) is 9.12. The molecule has 0 saturated heterocycles. The van der Waals surface area contributed by atoms with Crippen LogP contribution in [0.2, 0.25) is 5.02 Å². The van der Waals surface area contributed by atoms with E-state index in [-0.39, 0.29) is 12.5 Å². The Morgan fingerprint density at radius 3 is 2.43 bits per heavy atom. The van der Waals surface area contributed by atoms with Crippen molar-refractivity contribution in [2.75, 3.05) is 6.61 Å². The Labute approximate surface area is 130 Å². The maximum atomic E-state index is 12.0. The largest absolute Gasteiger partial charge is 0.484 e. The lowest BCUT2D eigenvalue weighted by atomic mass is 9.92. The van der Waals surface area contributed by atoms with Gasteiger partial charge in [-0.2, -0.15) is 5.26 Å². The summed E-state index contributed by atoms with van der Waals surface area (Å²) in [7, 11) is 0. The summed E-state index contributed by atoms with van der Waals surface area (Å²) in [5, 5.41) is 12.9. The van der Waals surface area contributed by atoms with Crippen LogP contribution in [0.25, 0.3) is 0 Å². The fourth-order valence-electron chi connectivity index (χ4n) is 2.58. The van der Waals surface area contributed by atoms with Crippen LogP contribution in [-0.4, -0.2) is 18.1 Å². The van der Waals surface area contributed by atoms with Crippen molar-refractivity contribution in [2.24, 2.45) is 0 Å². The molecule has 0 aromatic heterocycles. The van der Waals surface area contributed by atoms with Crippen molar-refractivity contribution in [1.29, 1.82) is 5.26 Å². The Morgan fingerprint density at radius 2 is 1.86 bits per heavy atom. The highest BCUT2D eigenvalue weighted by Crippen LogP contribution is 2.26. The van der Waals surface area contributed by atoms with Crippen molar-refractivity contribution in [3.63, 3.8) is 0 Å². The summed E-state index contributed by atoms with van der Waals surface area (Å²) in [4.78, 5) is 12.0. The topological polar surface area (TPSA) is 62.1 Å². The molecule has 0 bridgehead atoms. The van der Waals surface area contributed by atoms with Crippen molar-refractivity contribution >= 4 is 17.5 Å². The van der Waals surface area contributed by atoms with Gasteiger partial charge in [0.05, 0.1) is 6.07 Å². The minimum atomic E-state index is -0.725. The fraction of sp³-hybridized carbons (Fsp3) is 0.500. The summed E-state index contributed by atoms with van der Waals surface area (Å²) >= 11 is 5.78. The number of carbonyl (C=O) groups is 1. The van der Waals surface area contributed by atoms with Gasteiger partial charge in [-0.25, -0.2) is 0 Å². The number of ether oxygens (including phenoxy) is 1. The molecule has 0 atom stereocenters. The van der Waals surface area contributed by atoms with Crippen LogP contribution in [0.4, 0.5) is 0 Å². The third-order valence-corrected chi connectivity index (χ3v) is 3.99. The number of halogens is 1. The zero-order valence-electron chi connectivity index (χ0n) is 11.9. The van der Waals surface area contributed by atoms with Crippen LogP contribution in [0.3, 0.4) is 0 Å². The number of benzene rings is 1. The van der Waals surface area contributed by atoms with E-state index in [0.717, 1.165) is 38.5 Å². The molecule has 112 valence electrons. The van der Waals surface area contributed by atoms with Crippen LogP contribution in [0.1, 0.15) is 38.5 Å². The number of hydrogen-bond acceptors (Lipinski definition) is 3. The monoisotopic (exact) mass is 306 g/mol. The van der Waals surface area contributed by atoms with Crippen LogP contribution >= 0.6 is 11.6 Å². The summed E-state index contributed by atoms with van der Waals surface area (Å²) in [5.41, 5.74) is -0.725. The number of amides is 1. The molecule has 1 aliphatic rings. The van der Waals surface area contributed by atoms with Gasteiger partial charge >= 0.3 is 0 Å². The lowest BCUT2D eigenvalue weighted by Crippen LogP contribution is -2.48. The van der Waals surface area contributed by atoms with E-state index < -0.39 is 5.54 Å². The number of nitrogens with zero attached hydrogens (tertiary/aromatic N) is 1. The molecule has 1 saturated carbocycles. The van der Waals surface area contributed by atoms with Gasteiger partial charge in [0.2, 0.25) is 0 Å². The normalized spacial score (nSPS) is 17.3. The van der Waals surface area contributed by atoms with E-state index in [2.05, 4.69) is 11.4 Å². The maximum Gasteiger partial charge on any atom is 0.259 e. The van der Waals surface area contributed by atoms with Crippen LogP contribution in [0, 0.1) is 11.3 Å². The molecule has 1 aromatic rings. The molecule has 1 fully saturated rings. The van der Waals surface area contributed by atoms with E-state index >= 15 is 0 Å². The second-order valence-corrected chi connectivity index (χ2v) is 5.84. The zero-order valence-corrected chi connectivity index (χ0v) is 12.7. The minimum Gasteiger partial charge on any atom is -0.484 e. The quantitative estimate of drug-likeness (QED) is 0.867. The minimum absolute atomic E-state index is 0.0922. The van der Waals surface area contributed by atoms with E-state index in [1.165, 1.54) is 0 Å². The van der Waals surface area contributed by atoms with Gasteiger partial charge in [0.1, 0.15) is 11.3 Å². The Kier molecular flexibility index (Phi) is 5.46. The van der Waals surface area contributed by atoms with Crippen molar-refractivity contribution < 1.29 is 9.53 Å². The van der Waals surface area contributed by atoms with Gasteiger partial charge < -0.3 is 10.1 Å². The van der Waals surface area contributed by atoms with Crippen molar-refractivity contribution in [2.45, 2.75) is 44.1 Å². The van der Waals surface area contributed by atoms with Crippen molar-refractivity contribution in [3.8, 4) is 11.8 Å². The average molecular weight is 307 g/mol. The first-order valence-corrected chi connectivity index (χ1v) is 7.62. The highest BCUT2D eigenvalue weighted by atomic mass is 35.5. The third-order valence-electron chi connectivity index (χ3n) is 3.73. The van der Waals surface area contributed by atoms with Crippen molar-refractivity contribution in [1.82, 2.24) is 5.32 Å². The highest BCUT2D eigenvalue weighted by molar-refractivity contribution is 6.30. The van der Waals surface area contributed by atoms with Crippen LogP contribution in [0.5, 0.6) is 5.75 Å². The van der Waals surface area contributed by atoms with E-state index in [4.69, 9.17) is 16.3 Å². The van der Waals surface area contributed by atoms with Gasteiger partial charge in [-0.1, -0.05) is 37.3 Å². The first-order chi connectivity index (χ1) is 10.1. The summed E-state index contributed by atoms with van der Waals surface area (Å²) in [5.74, 6) is 0.329. The number of hydrogen-bond donors (Lipinski definition) is 1. The molecule has 2 rings (SSSR count). The zero-order chi connectivity index (χ0) is 15.1. The van der Waals surface area contributed by atoms with Gasteiger partial charge in [-0.15, -0.1) is 0 Å². The van der Waals surface area contributed by atoms with Gasteiger partial charge in [0, 0.05) is 5.02 Å². The standard InChI is InChI=1S/C16H19ClN2O2/c17-13-5-7-14(8-6-13)21-11-15(20)19-16(12-18)9-3-1-2-4-10-16/h5-8H,1-4,9-11H2,(H,19,20). The van der Waals surface area contributed by atoms with E-state index in [9.17, 15) is 10.1 Å². The van der Waals surface area contributed by atoms with Crippen LogP contribution < -0.4 is 10.1 Å². The molecule has 1 amide bonds. The summed E-state index contributed by atoms with van der Waals surface area (Å²) < 4.78 is 5.40. The summed E-state index contributed by atoms with van der Waals surface area (Å²) in [6.45, 7) is -0.0922. The first-order valence-electron chi connectivity index (χ1n) is 7.24. The number of rotatable bonds is 4. The van der Waals surface area contributed by atoms with Crippen molar-refractivity contribution in [3.05, 3.63) is 29.3 Å². The van der Waals surface area contributed by atoms with Crippen LogP contribution in [0.15, 0.2) is 24.3 Å². The molecular weight excluding hydrogens is 288 g/mol. The Balaban J connectivity index is 1.88. The molecule has 1 N–H and O–H groups in total. The molecule has 5 heteroatoms. The Morgan fingerprint density at radius 1 is 1.24 bits per heavy atom. The smallest absolute Gasteiger partial charge is 0.259 e. The Bertz CT molecular complexity index is 514. The molecule has 0 unspecified atom stereocenters. The summed E-state index contributed by atoms with van der Waals surface area (Å²) in [6.07, 6.45) is 5.64. The number of nitrogens with one attached hydrogen (secondary N) is 1. The fourth-order valence-corrected chi connectivity index (χ4v) is 2.71. The van der Waals surface area contributed by atoms with Crippen LogP contribution in [-0.2, 0) is 4.79 Å². The van der Waals surface area contributed by atoms with Gasteiger partial charge in [0.25, 0.3) is 5.91 Å². The SMILES string of the molecule is N#CC1(NC(=O)COc2ccc(Cl)cc2)CCCCCC1. The predicted molar refractivity (Wildman–Crippen MR) is 81.1 cm³/mol. The Hall–Kier alpha value is -1.73. The number of nitriles is 1. The lowest BCUT2D eigenvalue weighted by Gasteiger charge is -2.26. The first kappa shape index (κ1) is 15.7. The molecule has 0 radical (unpaired) electrons. The third kappa shape index (κ3) is 4.64. The van der Waals surface area contributed by atoms with Gasteiger partial charge in [-0.3, -0.25) is 4.79 Å². The molecule has 4 nitrogen and oxygen atoms in total. The second-order valence-electron chi connectivity index (χ2n) is 5.40. The average Bonchev–Trinajstić information content (AvgIpc) is 2.73. The molecule has 0 aliphatic heterocycles. The van der Waals surface area contributed by atoms with Gasteiger partial charge in [0.15, 0.2) is 6.61 Å². The number of carbonyl (C=O) groups excluding carboxylic acids is 1. The lowest BCUT2D eigenvalue weighted by molar-refractivity contribution is -0.124. The molecule has 21 heavy (non-hydrogen) atoms. The molecular formula is C16H19ClN2O2. The molecule has 1 aromatic carbocycles. The van der Waals surface area contributed by atoms with E-state index in [0.29, 0.717) is 10.8 Å².